The van der Waals surface area contributed by atoms with Crippen molar-refractivity contribution in [3.63, 3.8) is 0 Å². The van der Waals surface area contributed by atoms with E-state index >= 15 is 0 Å². The molecule has 0 radical (unpaired) electrons. The van der Waals surface area contributed by atoms with Gasteiger partial charge < -0.3 is 20.8 Å². The summed E-state index contributed by atoms with van der Waals surface area (Å²) in [5.74, 6) is -1.34. The smallest absolute Gasteiger partial charge is 0.334 e. The lowest BCUT2D eigenvalue weighted by atomic mass is 9.75. The largest absolute Gasteiger partial charge is 0.479 e. The van der Waals surface area contributed by atoms with Crippen molar-refractivity contribution in [3.8, 4) is 0 Å². The number of nitrogens with one attached hydrogen (secondary N) is 2. The van der Waals surface area contributed by atoms with Crippen molar-refractivity contribution in [1.29, 1.82) is 0 Å². The van der Waals surface area contributed by atoms with Gasteiger partial charge in [-0.15, -0.1) is 0 Å². The zero-order chi connectivity index (χ0) is 12.2. The minimum atomic E-state index is -1.55. The average molecular weight is 230 g/mol. The summed E-state index contributed by atoms with van der Waals surface area (Å²) in [7, 11) is 0. The third-order valence-electron chi connectivity index (χ3n) is 3.11. The highest BCUT2D eigenvalue weighted by atomic mass is 16.4. The molecule has 0 aromatic heterocycles. The zero-order valence-corrected chi connectivity index (χ0v) is 9.32. The van der Waals surface area contributed by atoms with Gasteiger partial charge in [-0.25, -0.2) is 9.59 Å². The molecule has 0 heterocycles. The second kappa shape index (κ2) is 5.16. The summed E-state index contributed by atoms with van der Waals surface area (Å²) in [4.78, 5) is 21.7. The summed E-state index contributed by atoms with van der Waals surface area (Å²) in [6.07, 6.45) is 2.33. The molecular weight excluding hydrogens is 212 g/mol. The summed E-state index contributed by atoms with van der Waals surface area (Å²) in [6.45, 7) is 1.73. The summed E-state index contributed by atoms with van der Waals surface area (Å²) < 4.78 is 0. The second-order valence-electron chi connectivity index (χ2n) is 4.18. The van der Waals surface area contributed by atoms with E-state index in [-0.39, 0.29) is 12.1 Å². The second-order valence-corrected chi connectivity index (χ2v) is 4.18. The Kier molecular flexibility index (Phi) is 4.12. The van der Waals surface area contributed by atoms with E-state index in [1.165, 1.54) is 0 Å². The molecule has 2 amide bonds. The summed E-state index contributed by atoms with van der Waals surface area (Å²) in [6, 6.07) is -0.415. The Morgan fingerprint density at radius 1 is 1.44 bits per heavy atom. The van der Waals surface area contributed by atoms with Crippen LogP contribution in [0.5, 0.6) is 0 Å². The lowest BCUT2D eigenvalue weighted by Gasteiger charge is -2.41. The molecule has 16 heavy (non-hydrogen) atoms. The van der Waals surface area contributed by atoms with Crippen molar-refractivity contribution in [2.24, 2.45) is 0 Å². The Morgan fingerprint density at radius 2 is 2.06 bits per heavy atom. The van der Waals surface area contributed by atoms with Crippen molar-refractivity contribution in [3.05, 3.63) is 0 Å². The lowest BCUT2D eigenvalue weighted by molar-refractivity contribution is -0.146. The first-order chi connectivity index (χ1) is 7.49. The van der Waals surface area contributed by atoms with Gasteiger partial charge in [0.2, 0.25) is 0 Å². The Labute approximate surface area is 94.0 Å². The van der Waals surface area contributed by atoms with Crippen LogP contribution in [-0.2, 0) is 4.79 Å². The van der Waals surface area contributed by atoms with Gasteiger partial charge in [-0.05, 0) is 25.7 Å². The van der Waals surface area contributed by atoms with Gasteiger partial charge in [0, 0.05) is 5.54 Å². The molecule has 0 spiro atoms. The van der Waals surface area contributed by atoms with Gasteiger partial charge in [0.25, 0.3) is 0 Å². The van der Waals surface area contributed by atoms with Crippen LogP contribution in [0.4, 0.5) is 4.79 Å². The van der Waals surface area contributed by atoms with Gasteiger partial charge in [0.05, 0.1) is 6.54 Å². The molecule has 0 unspecified atom stereocenters. The van der Waals surface area contributed by atoms with Crippen LogP contribution in [0, 0.1) is 0 Å². The normalized spacial score (nSPS) is 19.4. The van der Waals surface area contributed by atoms with Crippen molar-refractivity contribution in [2.75, 3.05) is 6.54 Å². The monoisotopic (exact) mass is 230 g/mol. The molecular formula is C10H18N2O4. The fraction of sp³-hybridized carbons (Fsp3) is 0.800. The number of aliphatic hydroxyl groups is 1. The van der Waals surface area contributed by atoms with E-state index in [1.54, 1.807) is 0 Å². The van der Waals surface area contributed by atoms with Crippen LogP contribution in [0.25, 0.3) is 0 Å². The predicted octanol–water partition coefficient (Wildman–Crippen LogP) is 0.0638. The van der Waals surface area contributed by atoms with Gasteiger partial charge >= 0.3 is 12.0 Å². The van der Waals surface area contributed by atoms with Crippen LogP contribution >= 0.6 is 0 Å². The highest BCUT2D eigenvalue weighted by Crippen LogP contribution is 2.34. The van der Waals surface area contributed by atoms with E-state index in [2.05, 4.69) is 10.6 Å². The molecule has 0 saturated heterocycles. The van der Waals surface area contributed by atoms with E-state index in [9.17, 15) is 9.59 Å². The fourth-order valence-corrected chi connectivity index (χ4v) is 1.73. The number of hydrogen-bond acceptors (Lipinski definition) is 3. The van der Waals surface area contributed by atoms with Crippen LogP contribution in [-0.4, -0.2) is 40.4 Å². The van der Waals surface area contributed by atoms with Crippen molar-refractivity contribution in [2.45, 2.75) is 44.2 Å². The van der Waals surface area contributed by atoms with Gasteiger partial charge in [0.1, 0.15) is 0 Å². The molecule has 1 saturated carbocycles. The first-order valence-electron chi connectivity index (χ1n) is 5.46. The van der Waals surface area contributed by atoms with Gasteiger partial charge in [-0.1, -0.05) is 6.92 Å². The van der Waals surface area contributed by atoms with Gasteiger partial charge in [0.15, 0.2) is 6.10 Å². The number of aliphatic hydroxyl groups excluding tert-OH is 1. The van der Waals surface area contributed by atoms with Gasteiger partial charge in [-0.2, -0.15) is 0 Å². The highest BCUT2D eigenvalue weighted by Gasteiger charge is 2.36. The van der Waals surface area contributed by atoms with E-state index < -0.39 is 18.1 Å². The molecule has 1 rings (SSSR count). The molecule has 92 valence electrons. The number of carboxylic acid groups (broad SMARTS) is 1. The van der Waals surface area contributed by atoms with E-state index in [0.717, 1.165) is 25.7 Å². The Hall–Kier alpha value is -1.30. The fourth-order valence-electron chi connectivity index (χ4n) is 1.73. The number of aliphatic carboxylic acids is 1. The predicted molar refractivity (Wildman–Crippen MR) is 57.1 cm³/mol. The number of hydrogen-bond donors (Lipinski definition) is 4. The number of urea groups is 1. The van der Waals surface area contributed by atoms with E-state index in [4.69, 9.17) is 10.2 Å². The maximum atomic E-state index is 11.4. The van der Waals surface area contributed by atoms with Crippen LogP contribution in [0.1, 0.15) is 32.6 Å². The molecule has 4 N–H and O–H groups in total. The Bertz CT molecular complexity index is 270. The Balaban J connectivity index is 2.28. The van der Waals surface area contributed by atoms with Crippen LogP contribution in [0.2, 0.25) is 0 Å². The van der Waals surface area contributed by atoms with Gasteiger partial charge in [-0.3, -0.25) is 0 Å². The molecule has 6 nitrogen and oxygen atoms in total. The summed E-state index contributed by atoms with van der Waals surface area (Å²) in [5.41, 5.74) is -0.127. The van der Waals surface area contributed by atoms with Crippen molar-refractivity contribution >= 4 is 12.0 Å². The first-order valence-corrected chi connectivity index (χ1v) is 5.46. The molecule has 0 aromatic carbocycles. The quantitative estimate of drug-likeness (QED) is 0.537. The molecule has 6 heteroatoms. The lowest BCUT2D eigenvalue weighted by Crippen LogP contribution is -2.56. The molecule has 1 aliphatic rings. The number of rotatable bonds is 5. The van der Waals surface area contributed by atoms with Crippen molar-refractivity contribution in [1.82, 2.24) is 10.6 Å². The molecule has 0 aromatic rings. The van der Waals surface area contributed by atoms with E-state index in [0.29, 0.717) is 0 Å². The highest BCUT2D eigenvalue weighted by molar-refractivity contribution is 5.77. The average Bonchev–Trinajstić information content (AvgIpc) is 2.19. The third-order valence-corrected chi connectivity index (χ3v) is 3.11. The molecule has 1 fully saturated rings. The number of carbonyl (C=O) groups is 2. The zero-order valence-electron chi connectivity index (χ0n) is 9.32. The molecule has 0 bridgehead atoms. The summed E-state index contributed by atoms with van der Waals surface area (Å²) >= 11 is 0. The topological polar surface area (TPSA) is 98.7 Å². The first kappa shape index (κ1) is 12.8. The summed E-state index contributed by atoms with van der Waals surface area (Å²) in [5, 5.41) is 22.5. The molecule has 1 atom stereocenters. The van der Waals surface area contributed by atoms with Crippen LogP contribution < -0.4 is 10.6 Å². The standard InChI is InChI=1S/C10H18N2O4/c1-2-10(4-3-5-10)12-9(16)11-6-7(13)8(14)15/h7,13H,2-6H2,1H3,(H,14,15)(H2,11,12,16)/t7-/m0/s1. The number of carboxylic acids is 1. The number of amides is 2. The Morgan fingerprint density at radius 3 is 2.44 bits per heavy atom. The van der Waals surface area contributed by atoms with Crippen LogP contribution in [0.3, 0.4) is 0 Å². The maximum absolute atomic E-state index is 11.4. The van der Waals surface area contributed by atoms with Crippen molar-refractivity contribution < 1.29 is 19.8 Å². The number of carbonyl (C=O) groups excluding carboxylic acids is 1. The maximum Gasteiger partial charge on any atom is 0.334 e. The third kappa shape index (κ3) is 3.10. The molecule has 1 aliphatic carbocycles. The van der Waals surface area contributed by atoms with Crippen LogP contribution in [0.15, 0.2) is 0 Å². The SMILES string of the molecule is CCC1(NC(=O)NC[C@H](O)C(=O)O)CCC1. The minimum Gasteiger partial charge on any atom is -0.479 e. The minimum absolute atomic E-state index is 0.127. The van der Waals surface area contributed by atoms with E-state index in [1.807, 2.05) is 6.92 Å². The molecule has 0 aliphatic heterocycles.